The Bertz CT molecular complexity index is 703. The molecule has 6 heteroatoms. The molecule has 1 heterocycles. The fraction of sp³-hybridized carbons (Fsp3) is 0.250. The maximum Gasteiger partial charge on any atom is 0.356 e. The second-order valence-electron chi connectivity index (χ2n) is 4.56. The van der Waals surface area contributed by atoms with Gasteiger partial charge < -0.3 is 19.1 Å². The first-order chi connectivity index (χ1) is 10.5. The molecule has 0 fully saturated rings. The molecule has 1 N–H and O–H groups in total. The summed E-state index contributed by atoms with van der Waals surface area (Å²) >= 11 is 0. The molecule has 0 unspecified atom stereocenters. The summed E-state index contributed by atoms with van der Waals surface area (Å²) in [6.07, 6.45) is 0. The smallest absolute Gasteiger partial charge is 0.356 e. The van der Waals surface area contributed by atoms with Gasteiger partial charge in [0.2, 0.25) is 0 Å². The van der Waals surface area contributed by atoms with Crippen molar-refractivity contribution >= 4 is 11.9 Å². The summed E-state index contributed by atoms with van der Waals surface area (Å²) in [5, 5.41) is 9.42. The first-order valence-corrected chi connectivity index (χ1v) is 6.75. The Morgan fingerprint density at radius 3 is 2.36 bits per heavy atom. The molecule has 0 atom stereocenters. The Balaban J connectivity index is 2.80. The van der Waals surface area contributed by atoms with E-state index in [0.717, 1.165) is 0 Å². The first-order valence-electron chi connectivity index (χ1n) is 6.75. The van der Waals surface area contributed by atoms with Crippen molar-refractivity contribution in [1.82, 2.24) is 4.57 Å². The number of hydrogen-bond acceptors (Lipinski definition) is 4. The highest BCUT2D eigenvalue weighted by Crippen LogP contribution is 2.37. The lowest BCUT2D eigenvalue weighted by Crippen LogP contribution is -2.07. The van der Waals surface area contributed by atoms with Crippen LogP contribution in [-0.2, 0) is 11.8 Å². The average Bonchev–Trinajstić information content (AvgIpc) is 2.81. The van der Waals surface area contributed by atoms with Crippen LogP contribution >= 0.6 is 0 Å². The molecule has 116 valence electrons. The van der Waals surface area contributed by atoms with E-state index in [-0.39, 0.29) is 23.6 Å². The van der Waals surface area contributed by atoms with Gasteiger partial charge in [-0.25, -0.2) is 9.59 Å². The van der Waals surface area contributed by atoms with Crippen LogP contribution in [0.4, 0.5) is 0 Å². The lowest BCUT2D eigenvalue weighted by atomic mass is 10.1. The molecule has 0 bridgehead atoms. The van der Waals surface area contributed by atoms with Gasteiger partial charge in [0.1, 0.15) is 5.56 Å². The third-order valence-electron chi connectivity index (χ3n) is 3.28. The van der Waals surface area contributed by atoms with Crippen molar-refractivity contribution in [3.63, 3.8) is 0 Å². The van der Waals surface area contributed by atoms with Crippen LogP contribution < -0.4 is 4.74 Å². The van der Waals surface area contributed by atoms with Gasteiger partial charge in [-0.05, 0) is 12.5 Å². The Labute approximate surface area is 127 Å². The van der Waals surface area contributed by atoms with Gasteiger partial charge >= 0.3 is 11.9 Å². The minimum Gasteiger partial charge on any atom is -0.493 e. The number of carbonyl (C=O) groups excluding carboxylic acids is 1. The number of aromatic nitrogens is 1. The van der Waals surface area contributed by atoms with E-state index < -0.39 is 11.9 Å². The molecule has 0 radical (unpaired) electrons. The largest absolute Gasteiger partial charge is 0.493 e. The summed E-state index contributed by atoms with van der Waals surface area (Å²) < 4.78 is 11.7. The molecule has 1 aromatic carbocycles. The molecule has 0 saturated carbocycles. The predicted molar refractivity (Wildman–Crippen MR) is 80.3 cm³/mol. The van der Waals surface area contributed by atoms with Crippen LogP contribution in [0.1, 0.15) is 27.8 Å². The number of benzene rings is 1. The van der Waals surface area contributed by atoms with Crippen molar-refractivity contribution in [1.29, 1.82) is 0 Å². The number of carbonyl (C=O) groups is 2. The number of methoxy groups -OCH3 is 1. The van der Waals surface area contributed by atoms with E-state index in [2.05, 4.69) is 0 Å². The van der Waals surface area contributed by atoms with E-state index in [0.29, 0.717) is 11.3 Å². The van der Waals surface area contributed by atoms with Gasteiger partial charge in [0.25, 0.3) is 0 Å². The molecule has 0 aliphatic carbocycles. The third-order valence-corrected chi connectivity index (χ3v) is 3.28. The second kappa shape index (κ2) is 6.34. The maximum absolute atomic E-state index is 12.3. The number of hydrogen-bond donors (Lipinski definition) is 1. The summed E-state index contributed by atoms with van der Waals surface area (Å²) in [6.45, 7) is 1.88. The van der Waals surface area contributed by atoms with E-state index in [1.807, 2.05) is 18.2 Å². The maximum atomic E-state index is 12.3. The van der Waals surface area contributed by atoms with Crippen molar-refractivity contribution in [2.75, 3.05) is 13.7 Å². The van der Waals surface area contributed by atoms with E-state index >= 15 is 0 Å². The van der Waals surface area contributed by atoms with Crippen molar-refractivity contribution in [3.8, 4) is 17.0 Å². The summed E-state index contributed by atoms with van der Waals surface area (Å²) in [7, 11) is 2.91. The van der Waals surface area contributed by atoms with Gasteiger partial charge in [0.05, 0.1) is 19.4 Å². The monoisotopic (exact) mass is 303 g/mol. The fourth-order valence-corrected chi connectivity index (χ4v) is 2.42. The average molecular weight is 303 g/mol. The number of ether oxygens (including phenoxy) is 2. The van der Waals surface area contributed by atoms with Crippen LogP contribution in [0.25, 0.3) is 11.3 Å². The molecule has 0 amide bonds. The number of nitrogens with zero attached hydrogens (tertiary/aromatic N) is 1. The lowest BCUT2D eigenvalue weighted by molar-refractivity contribution is 0.0524. The number of esters is 1. The van der Waals surface area contributed by atoms with Crippen LogP contribution in [0.15, 0.2) is 30.3 Å². The van der Waals surface area contributed by atoms with Crippen molar-refractivity contribution < 1.29 is 24.2 Å². The molecular formula is C16H17NO5. The molecule has 0 spiro atoms. The molecule has 2 rings (SSSR count). The summed E-state index contributed by atoms with van der Waals surface area (Å²) in [6, 6.07) is 9.05. The van der Waals surface area contributed by atoms with E-state index in [1.165, 1.54) is 11.7 Å². The van der Waals surface area contributed by atoms with E-state index in [9.17, 15) is 14.7 Å². The van der Waals surface area contributed by atoms with Crippen LogP contribution in [0.3, 0.4) is 0 Å². The van der Waals surface area contributed by atoms with E-state index in [1.54, 1.807) is 26.1 Å². The highest BCUT2D eigenvalue weighted by atomic mass is 16.5. The Kier molecular flexibility index (Phi) is 4.50. The van der Waals surface area contributed by atoms with Gasteiger partial charge in [0.15, 0.2) is 11.4 Å². The quantitative estimate of drug-likeness (QED) is 0.859. The topological polar surface area (TPSA) is 77.8 Å². The SMILES string of the molecule is CCOC(=O)c1c(OC)c(C(=O)O)n(C)c1-c1ccccc1. The first kappa shape index (κ1) is 15.6. The third kappa shape index (κ3) is 2.55. The number of rotatable bonds is 5. The molecular weight excluding hydrogens is 286 g/mol. The van der Waals surface area contributed by atoms with Gasteiger partial charge in [-0.3, -0.25) is 0 Å². The molecule has 1 aromatic heterocycles. The number of aromatic carboxylic acids is 1. The standard InChI is InChI=1S/C16H17NO5/c1-4-22-16(20)11-12(10-8-6-5-7-9-10)17(2)13(15(18)19)14(11)21-3/h5-9H,4H2,1-3H3,(H,18,19). The zero-order valence-electron chi connectivity index (χ0n) is 12.6. The van der Waals surface area contributed by atoms with Crippen LogP contribution in [0.2, 0.25) is 0 Å². The highest BCUT2D eigenvalue weighted by molar-refractivity contribution is 6.05. The lowest BCUT2D eigenvalue weighted by Gasteiger charge is -2.08. The van der Waals surface area contributed by atoms with Gasteiger partial charge in [-0.2, -0.15) is 0 Å². The molecule has 0 aliphatic rings. The van der Waals surface area contributed by atoms with Crippen LogP contribution in [0, 0.1) is 0 Å². The zero-order valence-corrected chi connectivity index (χ0v) is 12.6. The van der Waals surface area contributed by atoms with E-state index in [4.69, 9.17) is 9.47 Å². The Hall–Kier alpha value is -2.76. The minimum absolute atomic E-state index is 0.00676. The van der Waals surface area contributed by atoms with Crippen molar-refractivity contribution in [3.05, 3.63) is 41.6 Å². The Morgan fingerprint density at radius 1 is 1.23 bits per heavy atom. The summed E-state index contributed by atoms with van der Waals surface area (Å²) in [5.41, 5.74) is 1.19. The molecule has 2 aromatic rings. The van der Waals surface area contributed by atoms with Gasteiger partial charge in [0, 0.05) is 7.05 Å². The van der Waals surface area contributed by atoms with Crippen LogP contribution in [0.5, 0.6) is 5.75 Å². The second-order valence-corrected chi connectivity index (χ2v) is 4.56. The molecule has 6 nitrogen and oxygen atoms in total. The summed E-state index contributed by atoms with van der Waals surface area (Å²) in [4.78, 5) is 23.8. The Morgan fingerprint density at radius 2 is 1.86 bits per heavy atom. The fourth-order valence-electron chi connectivity index (χ4n) is 2.42. The van der Waals surface area contributed by atoms with Crippen molar-refractivity contribution in [2.45, 2.75) is 6.92 Å². The summed E-state index contributed by atoms with van der Waals surface area (Å²) in [5.74, 6) is -1.78. The minimum atomic E-state index is -1.17. The van der Waals surface area contributed by atoms with Crippen molar-refractivity contribution in [2.24, 2.45) is 7.05 Å². The number of carboxylic acid groups (broad SMARTS) is 1. The van der Waals surface area contributed by atoms with Crippen LogP contribution in [-0.4, -0.2) is 35.3 Å². The normalized spacial score (nSPS) is 10.3. The number of carboxylic acids is 1. The molecule has 22 heavy (non-hydrogen) atoms. The zero-order chi connectivity index (χ0) is 16.3. The van der Waals surface area contributed by atoms with Gasteiger partial charge in [-0.1, -0.05) is 30.3 Å². The predicted octanol–water partition coefficient (Wildman–Crippen LogP) is 2.58. The molecule has 0 aliphatic heterocycles. The highest BCUT2D eigenvalue weighted by Gasteiger charge is 2.31. The molecule has 0 saturated heterocycles. The van der Waals surface area contributed by atoms with Gasteiger partial charge in [-0.15, -0.1) is 0 Å².